The van der Waals surface area contributed by atoms with Crippen LogP contribution in [0.25, 0.3) is 0 Å². The van der Waals surface area contributed by atoms with Crippen LogP contribution in [0, 0.1) is 12.8 Å². The quantitative estimate of drug-likeness (QED) is 0.892. The predicted molar refractivity (Wildman–Crippen MR) is 76.4 cm³/mol. The van der Waals surface area contributed by atoms with E-state index in [2.05, 4.69) is 15.3 Å². The van der Waals surface area contributed by atoms with Crippen molar-refractivity contribution in [1.82, 2.24) is 14.9 Å². The maximum absolute atomic E-state index is 12.6. The van der Waals surface area contributed by atoms with Crippen molar-refractivity contribution in [2.45, 2.75) is 26.8 Å². The molecule has 0 saturated carbocycles. The van der Waals surface area contributed by atoms with Crippen LogP contribution in [0.2, 0.25) is 0 Å². The molecule has 0 aromatic carbocycles. The minimum atomic E-state index is -0.310. The highest BCUT2D eigenvalue weighted by molar-refractivity contribution is 5.84. The molecule has 1 atom stereocenters. The average Bonchev–Trinajstić information content (AvgIpc) is 2.45. The smallest absolute Gasteiger partial charge is 0.245 e. The molecule has 6 heteroatoms. The molecule has 1 amide bonds. The molecule has 1 N–H and O–H groups in total. The van der Waals surface area contributed by atoms with Crippen molar-refractivity contribution in [3.05, 3.63) is 18.0 Å². The number of morpholine rings is 1. The summed E-state index contributed by atoms with van der Waals surface area (Å²) in [6, 6.07) is 1.52. The zero-order chi connectivity index (χ0) is 14.5. The van der Waals surface area contributed by atoms with Crippen molar-refractivity contribution >= 4 is 11.9 Å². The van der Waals surface area contributed by atoms with E-state index in [1.54, 1.807) is 6.20 Å². The maximum Gasteiger partial charge on any atom is 0.245 e. The van der Waals surface area contributed by atoms with E-state index in [0.717, 1.165) is 5.69 Å². The van der Waals surface area contributed by atoms with Crippen LogP contribution < -0.4 is 5.32 Å². The third-order valence-electron chi connectivity index (χ3n) is 3.33. The first kappa shape index (κ1) is 14.7. The maximum atomic E-state index is 12.6. The fourth-order valence-corrected chi connectivity index (χ4v) is 2.15. The van der Waals surface area contributed by atoms with Crippen molar-refractivity contribution < 1.29 is 9.53 Å². The van der Waals surface area contributed by atoms with E-state index in [-0.39, 0.29) is 17.9 Å². The van der Waals surface area contributed by atoms with Crippen molar-refractivity contribution in [3.63, 3.8) is 0 Å². The highest BCUT2D eigenvalue weighted by atomic mass is 16.5. The van der Waals surface area contributed by atoms with E-state index >= 15 is 0 Å². The SMILES string of the molecule is Cc1ccnc(NC(C(=O)N2CCOCC2)C(C)C)n1. The lowest BCUT2D eigenvalue weighted by molar-refractivity contribution is -0.137. The Hall–Kier alpha value is -1.69. The molecule has 1 saturated heterocycles. The molecule has 1 fully saturated rings. The first-order valence-corrected chi connectivity index (χ1v) is 7.00. The number of ether oxygens (including phenoxy) is 1. The summed E-state index contributed by atoms with van der Waals surface area (Å²) in [6.45, 7) is 8.46. The molecule has 110 valence electrons. The van der Waals surface area contributed by atoms with Gasteiger partial charge in [-0.15, -0.1) is 0 Å². The van der Waals surface area contributed by atoms with Crippen LogP contribution in [0.15, 0.2) is 12.3 Å². The summed E-state index contributed by atoms with van der Waals surface area (Å²) in [4.78, 5) is 22.9. The van der Waals surface area contributed by atoms with Crippen LogP contribution in [-0.4, -0.2) is 53.1 Å². The zero-order valence-electron chi connectivity index (χ0n) is 12.3. The minimum Gasteiger partial charge on any atom is -0.378 e. The number of carbonyl (C=O) groups excluding carboxylic acids is 1. The Morgan fingerprint density at radius 1 is 1.40 bits per heavy atom. The van der Waals surface area contributed by atoms with Gasteiger partial charge < -0.3 is 15.0 Å². The van der Waals surface area contributed by atoms with Gasteiger partial charge in [0.1, 0.15) is 6.04 Å². The molecule has 1 aliphatic heterocycles. The van der Waals surface area contributed by atoms with Gasteiger partial charge in [-0.1, -0.05) is 13.8 Å². The number of nitrogens with zero attached hydrogens (tertiary/aromatic N) is 3. The minimum absolute atomic E-state index is 0.0911. The molecule has 1 aromatic heterocycles. The molecule has 20 heavy (non-hydrogen) atoms. The molecule has 0 bridgehead atoms. The van der Waals surface area contributed by atoms with Gasteiger partial charge in [-0.3, -0.25) is 4.79 Å². The second-order valence-corrected chi connectivity index (χ2v) is 5.33. The summed E-state index contributed by atoms with van der Waals surface area (Å²) in [5.74, 6) is 0.758. The normalized spacial score (nSPS) is 17.1. The van der Waals surface area contributed by atoms with E-state index < -0.39 is 0 Å². The van der Waals surface area contributed by atoms with Crippen LogP contribution in [-0.2, 0) is 9.53 Å². The van der Waals surface area contributed by atoms with Gasteiger partial charge in [0, 0.05) is 25.0 Å². The molecular weight excluding hydrogens is 256 g/mol. The van der Waals surface area contributed by atoms with Crippen LogP contribution in [0.1, 0.15) is 19.5 Å². The van der Waals surface area contributed by atoms with E-state index in [1.807, 2.05) is 31.7 Å². The molecule has 1 aliphatic rings. The number of hydrogen-bond acceptors (Lipinski definition) is 5. The summed E-state index contributed by atoms with van der Waals surface area (Å²) in [5.41, 5.74) is 0.879. The molecule has 1 unspecified atom stereocenters. The molecule has 1 aromatic rings. The van der Waals surface area contributed by atoms with Gasteiger partial charge >= 0.3 is 0 Å². The fourth-order valence-electron chi connectivity index (χ4n) is 2.15. The lowest BCUT2D eigenvalue weighted by Gasteiger charge is -2.32. The summed E-state index contributed by atoms with van der Waals surface area (Å²) >= 11 is 0. The van der Waals surface area contributed by atoms with Crippen molar-refractivity contribution in [2.75, 3.05) is 31.6 Å². The lowest BCUT2D eigenvalue weighted by Crippen LogP contribution is -2.50. The Balaban J connectivity index is 2.08. The number of nitrogens with one attached hydrogen (secondary N) is 1. The zero-order valence-corrected chi connectivity index (χ0v) is 12.3. The van der Waals surface area contributed by atoms with Gasteiger partial charge in [0.25, 0.3) is 0 Å². The van der Waals surface area contributed by atoms with Gasteiger partial charge in [0.2, 0.25) is 11.9 Å². The number of aromatic nitrogens is 2. The molecule has 6 nitrogen and oxygen atoms in total. The number of aryl methyl sites for hydroxylation is 1. The Morgan fingerprint density at radius 2 is 2.10 bits per heavy atom. The molecule has 0 aliphatic carbocycles. The summed E-state index contributed by atoms with van der Waals surface area (Å²) < 4.78 is 5.29. The number of carbonyl (C=O) groups is 1. The number of rotatable bonds is 4. The monoisotopic (exact) mass is 278 g/mol. The van der Waals surface area contributed by atoms with Gasteiger partial charge in [0.15, 0.2) is 0 Å². The van der Waals surface area contributed by atoms with Crippen LogP contribution >= 0.6 is 0 Å². The largest absolute Gasteiger partial charge is 0.378 e. The number of anilines is 1. The van der Waals surface area contributed by atoms with Crippen molar-refractivity contribution in [3.8, 4) is 0 Å². The molecule has 0 spiro atoms. The summed E-state index contributed by atoms with van der Waals surface area (Å²) in [6.07, 6.45) is 1.70. The van der Waals surface area contributed by atoms with E-state index in [0.29, 0.717) is 32.3 Å². The van der Waals surface area contributed by atoms with E-state index in [1.165, 1.54) is 0 Å². The Morgan fingerprint density at radius 3 is 2.70 bits per heavy atom. The Kier molecular flexibility index (Phi) is 4.89. The van der Waals surface area contributed by atoms with Crippen LogP contribution in [0.5, 0.6) is 0 Å². The van der Waals surface area contributed by atoms with Gasteiger partial charge in [0.05, 0.1) is 13.2 Å². The highest BCUT2D eigenvalue weighted by Gasteiger charge is 2.28. The third-order valence-corrected chi connectivity index (χ3v) is 3.33. The van der Waals surface area contributed by atoms with Crippen LogP contribution in [0.3, 0.4) is 0 Å². The standard InChI is InChI=1S/C14H22N4O2/c1-10(2)12(13(19)18-6-8-20-9-7-18)17-14-15-5-4-11(3)16-14/h4-5,10,12H,6-9H2,1-3H3,(H,15,16,17). The number of hydrogen-bond donors (Lipinski definition) is 1. The van der Waals surface area contributed by atoms with Crippen molar-refractivity contribution in [1.29, 1.82) is 0 Å². The van der Waals surface area contributed by atoms with E-state index in [9.17, 15) is 4.79 Å². The molecule has 2 rings (SSSR count). The van der Waals surface area contributed by atoms with Crippen LogP contribution in [0.4, 0.5) is 5.95 Å². The first-order valence-electron chi connectivity index (χ1n) is 7.00. The second-order valence-electron chi connectivity index (χ2n) is 5.33. The van der Waals surface area contributed by atoms with Gasteiger partial charge in [-0.2, -0.15) is 0 Å². The number of amides is 1. The topological polar surface area (TPSA) is 67.4 Å². The van der Waals surface area contributed by atoms with Gasteiger partial charge in [-0.25, -0.2) is 9.97 Å². The van der Waals surface area contributed by atoms with Crippen molar-refractivity contribution in [2.24, 2.45) is 5.92 Å². The molecule has 0 radical (unpaired) electrons. The van der Waals surface area contributed by atoms with Gasteiger partial charge in [-0.05, 0) is 18.9 Å². The summed E-state index contributed by atoms with van der Waals surface area (Å²) in [5, 5.41) is 3.16. The fraction of sp³-hybridized carbons (Fsp3) is 0.643. The Labute approximate surface area is 119 Å². The Bertz CT molecular complexity index is 458. The lowest BCUT2D eigenvalue weighted by atomic mass is 10.0. The third kappa shape index (κ3) is 3.66. The molecule has 2 heterocycles. The second kappa shape index (κ2) is 6.65. The first-order chi connectivity index (χ1) is 9.58. The van der Waals surface area contributed by atoms with E-state index in [4.69, 9.17) is 4.74 Å². The molecular formula is C14H22N4O2. The summed E-state index contributed by atoms with van der Waals surface area (Å²) in [7, 11) is 0. The average molecular weight is 278 g/mol. The predicted octanol–water partition coefficient (Wildman–Crippen LogP) is 1.08. The highest BCUT2D eigenvalue weighted by Crippen LogP contribution is 2.13.